The van der Waals surface area contributed by atoms with Crippen LogP contribution in [0.1, 0.15) is 36.5 Å². The number of ketones is 1. The van der Waals surface area contributed by atoms with Crippen molar-refractivity contribution < 1.29 is 14.3 Å². The van der Waals surface area contributed by atoms with Crippen molar-refractivity contribution in [1.82, 2.24) is 9.80 Å². The molecule has 2 heterocycles. The summed E-state index contributed by atoms with van der Waals surface area (Å²) < 4.78 is 5.72. The van der Waals surface area contributed by atoms with Crippen molar-refractivity contribution in [2.24, 2.45) is 0 Å². The van der Waals surface area contributed by atoms with Gasteiger partial charge >= 0.3 is 6.03 Å². The molecule has 0 aliphatic carbocycles. The van der Waals surface area contributed by atoms with Crippen molar-refractivity contribution in [1.29, 1.82) is 0 Å². The van der Waals surface area contributed by atoms with E-state index in [0.717, 1.165) is 64.3 Å². The molecule has 0 bridgehead atoms. The summed E-state index contributed by atoms with van der Waals surface area (Å²) in [5.41, 5.74) is 1.37. The van der Waals surface area contributed by atoms with E-state index in [9.17, 15) is 9.59 Å². The molecule has 0 aromatic heterocycles. The molecule has 1 unspecified atom stereocenters. The van der Waals surface area contributed by atoms with Crippen LogP contribution in [-0.2, 0) is 4.74 Å². The van der Waals surface area contributed by atoms with Crippen molar-refractivity contribution in [2.45, 2.75) is 32.3 Å². The zero-order valence-electron chi connectivity index (χ0n) is 14.9. The molecule has 2 amide bonds. The van der Waals surface area contributed by atoms with Gasteiger partial charge in [-0.05, 0) is 57.0 Å². The molecule has 0 spiro atoms. The summed E-state index contributed by atoms with van der Waals surface area (Å²) in [6.07, 6.45) is 3.65. The first-order chi connectivity index (χ1) is 12.1. The summed E-state index contributed by atoms with van der Waals surface area (Å²) in [7, 11) is 0. The fourth-order valence-electron chi connectivity index (χ4n) is 3.42. The molecule has 0 saturated carbocycles. The first-order valence-electron chi connectivity index (χ1n) is 9.13. The molecule has 1 N–H and O–H groups in total. The van der Waals surface area contributed by atoms with E-state index in [-0.39, 0.29) is 11.8 Å². The smallest absolute Gasteiger partial charge is 0.321 e. The van der Waals surface area contributed by atoms with E-state index in [1.807, 2.05) is 4.90 Å². The Kier molecular flexibility index (Phi) is 6.04. The van der Waals surface area contributed by atoms with Gasteiger partial charge in [-0.1, -0.05) is 0 Å². The Morgan fingerprint density at radius 3 is 2.60 bits per heavy atom. The van der Waals surface area contributed by atoms with E-state index in [2.05, 4.69) is 10.2 Å². The Bertz CT molecular complexity index is 596. The third kappa shape index (κ3) is 5.03. The van der Waals surface area contributed by atoms with Gasteiger partial charge in [0.05, 0.1) is 6.10 Å². The maximum Gasteiger partial charge on any atom is 0.321 e. The maximum atomic E-state index is 12.5. The van der Waals surface area contributed by atoms with Crippen molar-refractivity contribution in [2.75, 3.05) is 44.6 Å². The Labute approximate surface area is 149 Å². The van der Waals surface area contributed by atoms with Crippen LogP contribution in [0.4, 0.5) is 10.5 Å². The fourth-order valence-corrected chi connectivity index (χ4v) is 3.42. The number of hydrogen-bond acceptors (Lipinski definition) is 4. The van der Waals surface area contributed by atoms with Crippen molar-refractivity contribution in [3.8, 4) is 0 Å². The van der Waals surface area contributed by atoms with Gasteiger partial charge in [0.15, 0.2) is 5.78 Å². The topological polar surface area (TPSA) is 61.9 Å². The quantitative estimate of drug-likeness (QED) is 0.852. The van der Waals surface area contributed by atoms with Crippen LogP contribution in [0, 0.1) is 0 Å². The van der Waals surface area contributed by atoms with Gasteiger partial charge in [0.1, 0.15) is 0 Å². The Morgan fingerprint density at radius 2 is 1.92 bits per heavy atom. The zero-order chi connectivity index (χ0) is 17.6. The van der Waals surface area contributed by atoms with E-state index in [0.29, 0.717) is 11.7 Å². The molecule has 6 nitrogen and oxygen atoms in total. The average molecular weight is 345 g/mol. The van der Waals surface area contributed by atoms with Gasteiger partial charge in [0, 0.05) is 44.0 Å². The Hall–Kier alpha value is -1.92. The number of benzene rings is 1. The number of carbonyl (C=O) groups is 2. The van der Waals surface area contributed by atoms with Gasteiger partial charge in [0.2, 0.25) is 0 Å². The lowest BCUT2D eigenvalue weighted by Crippen LogP contribution is -2.39. The van der Waals surface area contributed by atoms with E-state index in [1.165, 1.54) is 6.92 Å². The lowest BCUT2D eigenvalue weighted by atomic mass is 10.1. The number of rotatable bonds is 4. The maximum absolute atomic E-state index is 12.5. The van der Waals surface area contributed by atoms with Crippen LogP contribution in [0.5, 0.6) is 0 Å². The highest BCUT2D eigenvalue weighted by Crippen LogP contribution is 2.15. The zero-order valence-corrected chi connectivity index (χ0v) is 14.9. The van der Waals surface area contributed by atoms with Gasteiger partial charge in [0.25, 0.3) is 0 Å². The second kappa shape index (κ2) is 8.45. The summed E-state index contributed by atoms with van der Waals surface area (Å²) in [6, 6.07) is 6.95. The molecular formula is C19H27N3O3. The Morgan fingerprint density at radius 1 is 1.12 bits per heavy atom. The number of nitrogens with one attached hydrogen (secondary N) is 1. The lowest BCUT2D eigenvalue weighted by Gasteiger charge is -2.24. The monoisotopic (exact) mass is 345 g/mol. The summed E-state index contributed by atoms with van der Waals surface area (Å²) in [6.45, 7) is 6.78. The van der Waals surface area contributed by atoms with E-state index in [4.69, 9.17) is 4.74 Å². The largest absolute Gasteiger partial charge is 0.377 e. The first-order valence-corrected chi connectivity index (χ1v) is 9.13. The summed E-state index contributed by atoms with van der Waals surface area (Å²) >= 11 is 0. The third-order valence-electron chi connectivity index (χ3n) is 4.90. The minimum Gasteiger partial charge on any atom is -0.377 e. The number of amides is 2. The molecule has 1 atom stereocenters. The molecule has 2 saturated heterocycles. The second-order valence-corrected chi connectivity index (χ2v) is 6.84. The molecule has 25 heavy (non-hydrogen) atoms. The van der Waals surface area contributed by atoms with Crippen LogP contribution in [0.3, 0.4) is 0 Å². The van der Waals surface area contributed by atoms with Gasteiger partial charge in [-0.3, -0.25) is 9.69 Å². The number of Topliss-reactive ketones (excluding diaryl/α,β-unsaturated/α-hetero) is 1. The predicted molar refractivity (Wildman–Crippen MR) is 97.1 cm³/mol. The van der Waals surface area contributed by atoms with Crippen LogP contribution >= 0.6 is 0 Å². The number of carbonyl (C=O) groups excluding carboxylic acids is 2. The molecule has 2 fully saturated rings. The van der Waals surface area contributed by atoms with Gasteiger partial charge in [-0.25, -0.2) is 4.79 Å². The molecule has 136 valence electrons. The van der Waals surface area contributed by atoms with Crippen LogP contribution < -0.4 is 5.32 Å². The fraction of sp³-hybridized carbons (Fsp3) is 0.579. The van der Waals surface area contributed by atoms with Crippen LogP contribution in [0.25, 0.3) is 0 Å². The SMILES string of the molecule is CC(=O)c1ccc(NC(=O)N2CCCN(CC3CCCO3)CC2)cc1. The van der Waals surface area contributed by atoms with Gasteiger partial charge in [-0.15, -0.1) is 0 Å². The Balaban J connectivity index is 1.49. The van der Waals surface area contributed by atoms with Crippen LogP contribution in [0.2, 0.25) is 0 Å². The first kappa shape index (κ1) is 17.9. The number of ether oxygens (including phenoxy) is 1. The molecule has 1 aromatic carbocycles. The standard InChI is InChI=1S/C19H27N3O3/c1-15(23)16-5-7-17(8-6-16)20-19(24)22-10-3-9-21(11-12-22)14-18-4-2-13-25-18/h5-8,18H,2-4,9-14H2,1H3,(H,20,24). The highest BCUT2D eigenvalue weighted by atomic mass is 16.5. The highest BCUT2D eigenvalue weighted by Gasteiger charge is 2.23. The van der Waals surface area contributed by atoms with Crippen LogP contribution in [-0.4, -0.2) is 67.0 Å². The minimum absolute atomic E-state index is 0.0247. The van der Waals surface area contributed by atoms with Crippen molar-refractivity contribution in [3.63, 3.8) is 0 Å². The van der Waals surface area contributed by atoms with Crippen LogP contribution in [0.15, 0.2) is 24.3 Å². The van der Waals surface area contributed by atoms with Crippen molar-refractivity contribution in [3.05, 3.63) is 29.8 Å². The number of nitrogens with zero attached hydrogens (tertiary/aromatic N) is 2. The van der Waals surface area contributed by atoms with E-state index in [1.54, 1.807) is 24.3 Å². The third-order valence-corrected chi connectivity index (χ3v) is 4.90. The summed E-state index contributed by atoms with van der Waals surface area (Å²) in [5.74, 6) is 0.0247. The second-order valence-electron chi connectivity index (χ2n) is 6.84. The minimum atomic E-state index is -0.0745. The van der Waals surface area contributed by atoms with Gasteiger partial charge in [-0.2, -0.15) is 0 Å². The molecular weight excluding hydrogens is 318 g/mol. The van der Waals surface area contributed by atoms with E-state index < -0.39 is 0 Å². The predicted octanol–water partition coefficient (Wildman–Crippen LogP) is 2.61. The molecule has 2 aliphatic rings. The number of anilines is 1. The highest BCUT2D eigenvalue weighted by molar-refractivity contribution is 5.95. The molecule has 6 heteroatoms. The molecule has 2 aliphatic heterocycles. The summed E-state index contributed by atoms with van der Waals surface area (Å²) in [5, 5.41) is 2.93. The van der Waals surface area contributed by atoms with Crippen molar-refractivity contribution >= 4 is 17.5 Å². The molecule has 3 rings (SSSR count). The molecule has 1 aromatic rings. The normalized spacial score (nSPS) is 21.8. The molecule has 0 radical (unpaired) electrons. The van der Waals surface area contributed by atoms with E-state index >= 15 is 0 Å². The number of hydrogen-bond donors (Lipinski definition) is 1. The average Bonchev–Trinajstić information content (AvgIpc) is 2.99. The lowest BCUT2D eigenvalue weighted by molar-refractivity contribution is 0.0747. The summed E-state index contributed by atoms with van der Waals surface area (Å²) in [4.78, 5) is 28.1. The van der Waals surface area contributed by atoms with Gasteiger partial charge < -0.3 is 15.0 Å². The number of urea groups is 1.